The standard InChI is InChI=1S/C13H17Cl2NO2/c1-16-11(12-8-17-5-6-18-12)7-9-3-2-4-10(14)13(9)15/h2-4,11-12,16H,5-8H2,1H3. The minimum Gasteiger partial charge on any atom is -0.376 e. The Hall–Kier alpha value is -0.320. The number of likely N-dealkylation sites (N-methyl/N-ethyl adjacent to an activating group) is 1. The van der Waals surface area contributed by atoms with Crippen molar-refractivity contribution >= 4 is 23.2 Å². The first kappa shape index (κ1) is 14.1. The van der Waals surface area contributed by atoms with Crippen LogP contribution in [0.15, 0.2) is 18.2 Å². The van der Waals surface area contributed by atoms with Gasteiger partial charge in [-0.25, -0.2) is 0 Å². The Morgan fingerprint density at radius 1 is 1.39 bits per heavy atom. The molecule has 0 aromatic heterocycles. The van der Waals surface area contributed by atoms with Crippen LogP contribution >= 0.6 is 23.2 Å². The summed E-state index contributed by atoms with van der Waals surface area (Å²) < 4.78 is 11.1. The Labute approximate surface area is 117 Å². The number of halogens is 2. The summed E-state index contributed by atoms with van der Waals surface area (Å²) in [6.07, 6.45) is 0.822. The molecule has 1 aromatic rings. The molecule has 1 saturated heterocycles. The van der Waals surface area contributed by atoms with E-state index < -0.39 is 0 Å². The maximum absolute atomic E-state index is 6.20. The van der Waals surface area contributed by atoms with Gasteiger partial charge in [0.2, 0.25) is 0 Å². The second-order valence-electron chi connectivity index (χ2n) is 4.30. The van der Waals surface area contributed by atoms with Crippen molar-refractivity contribution in [1.82, 2.24) is 5.32 Å². The lowest BCUT2D eigenvalue weighted by Gasteiger charge is -2.30. The van der Waals surface area contributed by atoms with Crippen LogP contribution in [0.5, 0.6) is 0 Å². The van der Waals surface area contributed by atoms with Crippen molar-refractivity contribution in [3.8, 4) is 0 Å². The van der Waals surface area contributed by atoms with E-state index >= 15 is 0 Å². The number of hydrogen-bond donors (Lipinski definition) is 1. The number of benzene rings is 1. The van der Waals surface area contributed by atoms with E-state index in [0.717, 1.165) is 12.0 Å². The highest BCUT2D eigenvalue weighted by Crippen LogP contribution is 2.27. The Bertz CT molecular complexity index is 395. The summed E-state index contributed by atoms with van der Waals surface area (Å²) in [4.78, 5) is 0. The summed E-state index contributed by atoms with van der Waals surface area (Å²) in [6.45, 7) is 1.93. The lowest BCUT2D eigenvalue weighted by Crippen LogP contribution is -2.46. The first-order valence-corrected chi connectivity index (χ1v) is 6.77. The Morgan fingerprint density at radius 3 is 2.89 bits per heavy atom. The smallest absolute Gasteiger partial charge is 0.0965 e. The van der Waals surface area contributed by atoms with Crippen LogP contribution in [0.3, 0.4) is 0 Å². The molecule has 0 radical (unpaired) electrons. The highest BCUT2D eigenvalue weighted by molar-refractivity contribution is 6.42. The third-order valence-electron chi connectivity index (χ3n) is 3.13. The molecule has 0 saturated carbocycles. The van der Waals surface area contributed by atoms with Gasteiger partial charge in [-0.15, -0.1) is 0 Å². The minimum absolute atomic E-state index is 0.0544. The molecule has 0 amide bonds. The van der Waals surface area contributed by atoms with Gasteiger partial charge in [0, 0.05) is 6.04 Å². The van der Waals surface area contributed by atoms with E-state index in [1.54, 1.807) is 6.07 Å². The van der Waals surface area contributed by atoms with Crippen LogP contribution in [-0.4, -0.2) is 39.0 Å². The summed E-state index contributed by atoms with van der Waals surface area (Å²) in [5.74, 6) is 0. The largest absolute Gasteiger partial charge is 0.376 e. The molecule has 1 N–H and O–H groups in total. The molecule has 18 heavy (non-hydrogen) atoms. The highest BCUT2D eigenvalue weighted by atomic mass is 35.5. The maximum Gasteiger partial charge on any atom is 0.0965 e. The summed E-state index contributed by atoms with van der Waals surface area (Å²) in [6, 6.07) is 5.86. The van der Waals surface area contributed by atoms with Gasteiger partial charge in [-0.2, -0.15) is 0 Å². The van der Waals surface area contributed by atoms with Gasteiger partial charge in [-0.3, -0.25) is 0 Å². The zero-order chi connectivity index (χ0) is 13.0. The highest BCUT2D eigenvalue weighted by Gasteiger charge is 2.24. The number of nitrogens with one attached hydrogen (secondary N) is 1. The summed E-state index contributed by atoms with van der Waals surface area (Å²) in [5, 5.41) is 4.47. The molecule has 2 atom stereocenters. The van der Waals surface area contributed by atoms with Crippen LogP contribution in [0.2, 0.25) is 10.0 Å². The van der Waals surface area contributed by atoms with Gasteiger partial charge in [-0.05, 0) is 25.1 Å². The third kappa shape index (κ3) is 3.37. The molecular formula is C13H17Cl2NO2. The van der Waals surface area contributed by atoms with Gasteiger partial charge in [0.1, 0.15) is 0 Å². The van der Waals surface area contributed by atoms with Crippen LogP contribution in [-0.2, 0) is 15.9 Å². The predicted octanol–water partition coefficient (Wildman–Crippen LogP) is 2.54. The summed E-state index contributed by atoms with van der Waals surface area (Å²) >= 11 is 12.2. The topological polar surface area (TPSA) is 30.5 Å². The molecular weight excluding hydrogens is 273 g/mol. The first-order valence-electron chi connectivity index (χ1n) is 6.02. The van der Waals surface area contributed by atoms with Gasteiger partial charge >= 0.3 is 0 Å². The average molecular weight is 290 g/mol. The zero-order valence-corrected chi connectivity index (χ0v) is 11.8. The molecule has 2 rings (SSSR count). The fraction of sp³-hybridized carbons (Fsp3) is 0.538. The molecule has 0 aliphatic carbocycles. The lowest BCUT2D eigenvalue weighted by molar-refractivity contribution is -0.100. The van der Waals surface area contributed by atoms with E-state index in [0.29, 0.717) is 29.9 Å². The predicted molar refractivity (Wildman–Crippen MR) is 73.6 cm³/mol. The van der Waals surface area contributed by atoms with Crippen molar-refractivity contribution in [2.24, 2.45) is 0 Å². The number of rotatable bonds is 4. The molecule has 1 aromatic carbocycles. The second kappa shape index (κ2) is 6.73. The minimum atomic E-state index is 0.0544. The molecule has 2 unspecified atom stereocenters. The lowest BCUT2D eigenvalue weighted by atomic mass is 10.0. The van der Waals surface area contributed by atoms with Gasteiger partial charge in [0.15, 0.2) is 0 Å². The van der Waals surface area contributed by atoms with Crippen LogP contribution in [0.4, 0.5) is 0 Å². The fourth-order valence-electron chi connectivity index (χ4n) is 2.10. The quantitative estimate of drug-likeness (QED) is 0.924. The average Bonchev–Trinajstić information content (AvgIpc) is 2.41. The maximum atomic E-state index is 6.20. The SMILES string of the molecule is CNC(Cc1cccc(Cl)c1Cl)C1COCCO1. The molecule has 1 aliphatic heterocycles. The van der Waals surface area contributed by atoms with Crippen LogP contribution in [0.25, 0.3) is 0 Å². The molecule has 5 heteroatoms. The van der Waals surface area contributed by atoms with Gasteiger partial charge < -0.3 is 14.8 Å². The summed E-state index contributed by atoms with van der Waals surface area (Å²) in [5.41, 5.74) is 1.03. The van der Waals surface area contributed by atoms with Gasteiger partial charge in [-0.1, -0.05) is 35.3 Å². The third-order valence-corrected chi connectivity index (χ3v) is 3.99. The molecule has 0 spiro atoms. The normalized spacial score (nSPS) is 21.8. The van der Waals surface area contributed by atoms with Crippen molar-refractivity contribution in [3.63, 3.8) is 0 Å². The fourth-order valence-corrected chi connectivity index (χ4v) is 2.50. The monoisotopic (exact) mass is 289 g/mol. The van der Waals surface area contributed by atoms with E-state index in [9.17, 15) is 0 Å². The van der Waals surface area contributed by atoms with Crippen molar-refractivity contribution < 1.29 is 9.47 Å². The second-order valence-corrected chi connectivity index (χ2v) is 5.08. The van der Waals surface area contributed by atoms with Crippen molar-refractivity contribution in [2.75, 3.05) is 26.9 Å². The summed E-state index contributed by atoms with van der Waals surface area (Å²) in [7, 11) is 1.92. The molecule has 100 valence electrons. The van der Waals surface area contributed by atoms with Gasteiger partial charge in [0.05, 0.1) is 36.0 Å². The van der Waals surface area contributed by atoms with E-state index in [2.05, 4.69) is 5.32 Å². The molecule has 0 bridgehead atoms. The van der Waals surface area contributed by atoms with E-state index in [1.165, 1.54) is 0 Å². The molecule has 3 nitrogen and oxygen atoms in total. The van der Waals surface area contributed by atoms with E-state index in [-0.39, 0.29) is 12.1 Å². The molecule has 1 fully saturated rings. The van der Waals surface area contributed by atoms with Crippen molar-refractivity contribution in [3.05, 3.63) is 33.8 Å². The Morgan fingerprint density at radius 2 is 2.22 bits per heavy atom. The molecule has 1 heterocycles. The van der Waals surface area contributed by atoms with E-state index in [1.807, 2.05) is 19.2 Å². The Balaban J connectivity index is 2.07. The Kier molecular flexibility index (Phi) is 5.27. The zero-order valence-electron chi connectivity index (χ0n) is 10.3. The molecule has 1 aliphatic rings. The van der Waals surface area contributed by atoms with E-state index in [4.69, 9.17) is 32.7 Å². The number of ether oxygens (including phenoxy) is 2. The van der Waals surface area contributed by atoms with Crippen LogP contribution < -0.4 is 5.32 Å². The van der Waals surface area contributed by atoms with Crippen LogP contribution in [0, 0.1) is 0 Å². The van der Waals surface area contributed by atoms with Crippen molar-refractivity contribution in [1.29, 1.82) is 0 Å². The van der Waals surface area contributed by atoms with Crippen LogP contribution in [0.1, 0.15) is 5.56 Å². The first-order chi connectivity index (χ1) is 8.72. The van der Waals surface area contributed by atoms with Gasteiger partial charge in [0.25, 0.3) is 0 Å². The van der Waals surface area contributed by atoms with Crippen molar-refractivity contribution in [2.45, 2.75) is 18.6 Å². The number of hydrogen-bond acceptors (Lipinski definition) is 3.